The first-order valence-electron chi connectivity index (χ1n) is 8.29. The zero-order chi connectivity index (χ0) is 18.4. The number of carbonyl (C=O) groups excluding carboxylic acids is 1. The first-order chi connectivity index (χ1) is 12.6. The van der Waals surface area contributed by atoms with Crippen molar-refractivity contribution in [1.82, 2.24) is 10.5 Å². The van der Waals surface area contributed by atoms with E-state index in [4.69, 9.17) is 20.9 Å². The molecule has 0 radical (unpaired) electrons. The molecular formula is C20H19ClN2O3. The molecule has 6 heteroatoms. The van der Waals surface area contributed by atoms with Gasteiger partial charge < -0.3 is 14.6 Å². The fourth-order valence-corrected chi connectivity index (χ4v) is 2.69. The molecule has 0 saturated carbocycles. The van der Waals surface area contributed by atoms with Crippen molar-refractivity contribution >= 4 is 17.5 Å². The van der Waals surface area contributed by atoms with E-state index in [1.165, 1.54) is 0 Å². The number of halogens is 1. The Morgan fingerprint density at radius 1 is 1.15 bits per heavy atom. The quantitative estimate of drug-likeness (QED) is 0.677. The highest BCUT2D eigenvalue weighted by atomic mass is 35.5. The number of aryl methyl sites for hydroxylation is 1. The van der Waals surface area contributed by atoms with Crippen LogP contribution in [-0.4, -0.2) is 17.6 Å². The van der Waals surface area contributed by atoms with Crippen LogP contribution < -0.4 is 10.1 Å². The molecule has 0 atom stereocenters. The van der Waals surface area contributed by atoms with E-state index >= 15 is 0 Å². The molecule has 0 spiro atoms. The van der Waals surface area contributed by atoms with Crippen molar-refractivity contribution < 1.29 is 14.1 Å². The van der Waals surface area contributed by atoms with Crippen LogP contribution in [-0.2, 0) is 13.0 Å². The van der Waals surface area contributed by atoms with E-state index in [2.05, 4.69) is 10.5 Å². The van der Waals surface area contributed by atoms with Gasteiger partial charge in [0.15, 0.2) is 5.69 Å². The highest BCUT2D eigenvalue weighted by molar-refractivity contribution is 6.32. The average molecular weight is 371 g/mol. The van der Waals surface area contributed by atoms with E-state index in [9.17, 15) is 4.79 Å². The number of amides is 1. The summed E-state index contributed by atoms with van der Waals surface area (Å²) in [6.45, 7) is 2.42. The minimum Gasteiger partial charge on any atom is -0.487 e. The van der Waals surface area contributed by atoms with Gasteiger partial charge in [0.05, 0.1) is 10.6 Å². The molecule has 1 aromatic heterocycles. The highest BCUT2D eigenvalue weighted by Gasteiger charge is 2.20. The van der Waals surface area contributed by atoms with Crippen LogP contribution in [0.15, 0.2) is 59.1 Å². The number of benzene rings is 2. The zero-order valence-electron chi connectivity index (χ0n) is 14.4. The van der Waals surface area contributed by atoms with Crippen molar-refractivity contribution in [3.05, 3.63) is 82.2 Å². The summed E-state index contributed by atoms with van der Waals surface area (Å²) in [5.74, 6) is 0.811. The van der Waals surface area contributed by atoms with Crippen molar-refractivity contribution in [2.75, 3.05) is 6.54 Å². The lowest BCUT2D eigenvalue weighted by Crippen LogP contribution is -2.27. The molecule has 0 unspecified atom stereocenters. The van der Waals surface area contributed by atoms with Gasteiger partial charge in [-0.2, -0.15) is 0 Å². The van der Waals surface area contributed by atoms with Gasteiger partial charge in [0.25, 0.3) is 5.91 Å². The summed E-state index contributed by atoms with van der Waals surface area (Å²) in [4.78, 5) is 12.4. The predicted molar refractivity (Wildman–Crippen MR) is 99.5 cm³/mol. The normalized spacial score (nSPS) is 10.5. The minimum atomic E-state index is -0.282. The summed E-state index contributed by atoms with van der Waals surface area (Å²) in [6.07, 6.45) is 0.745. The number of carbonyl (C=O) groups is 1. The van der Waals surface area contributed by atoms with E-state index in [1.807, 2.05) is 42.5 Å². The Morgan fingerprint density at radius 2 is 1.88 bits per heavy atom. The van der Waals surface area contributed by atoms with Crippen LogP contribution in [0, 0.1) is 6.92 Å². The predicted octanol–water partition coefficient (Wildman–Crippen LogP) is 4.19. The molecule has 0 aliphatic heterocycles. The monoisotopic (exact) mass is 370 g/mol. The molecule has 2 aromatic carbocycles. The minimum absolute atomic E-state index is 0.153. The Kier molecular flexibility index (Phi) is 5.92. The second-order valence-electron chi connectivity index (χ2n) is 5.78. The molecule has 0 fully saturated rings. The number of nitrogens with zero attached hydrogens (tertiary/aromatic N) is 1. The largest absolute Gasteiger partial charge is 0.487 e. The Hall–Kier alpha value is -2.79. The van der Waals surface area contributed by atoms with Crippen LogP contribution in [0.3, 0.4) is 0 Å². The number of nitrogens with one attached hydrogen (secondary N) is 1. The third-order valence-corrected chi connectivity index (χ3v) is 4.26. The van der Waals surface area contributed by atoms with Crippen LogP contribution in [0.1, 0.15) is 27.4 Å². The second-order valence-corrected chi connectivity index (χ2v) is 6.18. The fraction of sp³-hybridized carbons (Fsp3) is 0.200. The fourth-order valence-electron chi connectivity index (χ4n) is 2.50. The van der Waals surface area contributed by atoms with E-state index in [-0.39, 0.29) is 18.2 Å². The summed E-state index contributed by atoms with van der Waals surface area (Å²) in [7, 11) is 0. The molecule has 1 N–H and O–H groups in total. The molecule has 0 saturated heterocycles. The maximum absolute atomic E-state index is 12.4. The molecule has 0 aliphatic carbocycles. The molecule has 1 heterocycles. The van der Waals surface area contributed by atoms with Gasteiger partial charge in [-0.25, -0.2) is 0 Å². The molecule has 3 rings (SSSR count). The van der Waals surface area contributed by atoms with Gasteiger partial charge in [0.2, 0.25) is 0 Å². The zero-order valence-corrected chi connectivity index (χ0v) is 15.1. The summed E-state index contributed by atoms with van der Waals surface area (Å²) >= 11 is 6.09. The SMILES string of the molecule is Cc1onc(C(=O)NCCc2ccccc2)c1COc1ccccc1Cl. The van der Waals surface area contributed by atoms with E-state index < -0.39 is 0 Å². The van der Waals surface area contributed by atoms with Crippen LogP contribution >= 0.6 is 11.6 Å². The third-order valence-electron chi connectivity index (χ3n) is 3.95. The highest BCUT2D eigenvalue weighted by Crippen LogP contribution is 2.25. The number of rotatable bonds is 7. The maximum atomic E-state index is 12.4. The molecule has 26 heavy (non-hydrogen) atoms. The van der Waals surface area contributed by atoms with Gasteiger partial charge in [-0.05, 0) is 31.0 Å². The van der Waals surface area contributed by atoms with Gasteiger partial charge in [-0.1, -0.05) is 59.2 Å². The standard InChI is InChI=1S/C20H19ClN2O3/c1-14-16(13-25-18-10-6-5-9-17(18)21)19(23-26-14)20(24)22-12-11-15-7-3-2-4-8-15/h2-10H,11-13H2,1H3,(H,22,24). The first-order valence-corrected chi connectivity index (χ1v) is 8.67. The lowest BCUT2D eigenvalue weighted by atomic mass is 10.1. The molecular weight excluding hydrogens is 352 g/mol. The maximum Gasteiger partial charge on any atom is 0.273 e. The number of hydrogen-bond acceptors (Lipinski definition) is 4. The number of hydrogen-bond donors (Lipinski definition) is 1. The van der Waals surface area contributed by atoms with E-state index in [1.54, 1.807) is 19.1 Å². The van der Waals surface area contributed by atoms with Gasteiger partial charge in [0, 0.05) is 6.54 Å². The van der Waals surface area contributed by atoms with Crippen molar-refractivity contribution in [2.24, 2.45) is 0 Å². The van der Waals surface area contributed by atoms with Gasteiger partial charge in [0.1, 0.15) is 18.1 Å². The van der Waals surface area contributed by atoms with Crippen molar-refractivity contribution in [3.8, 4) is 5.75 Å². The smallest absolute Gasteiger partial charge is 0.273 e. The number of aromatic nitrogens is 1. The Morgan fingerprint density at radius 3 is 2.65 bits per heavy atom. The summed E-state index contributed by atoms with van der Waals surface area (Å²) in [5, 5.41) is 7.25. The molecule has 1 amide bonds. The van der Waals surface area contributed by atoms with Gasteiger partial charge in [-0.3, -0.25) is 4.79 Å². The molecule has 134 valence electrons. The topological polar surface area (TPSA) is 64.4 Å². The Balaban J connectivity index is 1.61. The van der Waals surface area contributed by atoms with E-state index in [0.29, 0.717) is 28.6 Å². The summed E-state index contributed by atoms with van der Waals surface area (Å²) < 4.78 is 10.9. The van der Waals surface area contributed by atoms with Crippen LogP contribution in [0.2, 0.25) is 5.02 Å². The van der Waals surface area contributed by atoms with Crippen molar-refractivity contribution in [2.45, 2.75) is 20.0 Å². The average Bonchev–Trinajstić information content (AvgIpc) is 3.02. The van der Waals surface area contributed by atoms with Crippen molar-refractivity contribution in [1.29, 1.82) is 0 Å². The molecule has 3 aromatic rings. The van der Waals surface area contributed by atoms with Crippen LogP contribution in [0.25, 0.3) is 0 Å². The van der Waals surface area contributed by atoms with Gasteiger partial charge >= 0.3 is 0 Å². The summed E-state index contributed by atoms with van der Waals surface area (Å²) in [5.41, 5.74) is 2.01. The van der Waals surface area contributed by atoms with Crippen LogP contribution in [0.4, 0.5) is 0 Å². The van der Waals surface area contributed by atoms with Crippen molar-refractivity contribution in [3.63, 3.8) is 0 Å². The lowest BCUT2D eigenvalue weighted by molar-refractivity contribution is 0.0943. The van der Waals surface area contributed by atoms with E-state index in [0.717, 1.165) is 12.0 Å². The van der Waals surface area contributed by atoms with Crippen LogP contribution in [0.5, 0.6) is 5.75 Å². The second kappa shape index (κ2) is 8.54. The molecule has 5 nitrogen and oxygen atoms in total. The molecule has 0 aliphatic rings. The lowest BCUT2D eigenvalue weighted by Gasteiger charge is -2.08. The Bertz CT molecular complexity index is 878. The number of ether oxygens (including phenoxy) is 1. The molecule has 0 bridgehead atoms. The third kappa shape index (κ3) is 4.43. The number of para-hydroxylation sites is 1. The summed E-state index contributed by atoms with van der Waals surface area (Å²) in [6, 6.07) is 17.1. The Labute approximate surface area is 156 Å². The first kappa shape index (κ1) is 18.0. The van der Waals surface area contributed by atoms with Gasteiger partial charge in [-0.15, -0.1) is 0 Å².